The van der Waals surface area contributed by atoms with Gasteiger partial charge in [-0.25, -0.2) is 14.6 Å². The van der Waals surface area contributed by atoms with Crippen molar-refractivity contribution in [1.82, 2.24) is 20.3 Å². The third kappa shape index (κ3) is 7.15. The molecule has 3 N–H and O–H groups in total. The Bertz CT molecular complexity index is 1080. The van der Waals surface area contributed by atoms with Crippen LogP contribution in [0.4, 0.5) is 15.7 Å². The second kappa shape index (κ2) is 10.7. The fourth-order valence-corrected chi connectivity index (χ4v) is 4.25. The molecule has 0 saturated carbocycles. The van der Waals surface area contributed by atoms with Crippen molar-refractivity contribution in [3.63, 3.8) is 0 Å². The number of carbonyl (C=O) groups excluding carboxylic acids is 2. The third-order valence-electron chi connectivity index (χ3n) is 4.73. The Morgan fingerprint density at radius 3 is 2.57 bits per heavy atom. The quantitative estimate of drug-likeness (QED) is 0.445. The van der Waals surface area contributed by atoms with Gasteiger partial charge in [-0.05, 0) is 20.8 Å². The van der Waals surface area contributed by atoms with E-state index in [1.807, 2.05) is 4.90 Å². The fourth-order valence-electron chi connectivity index (χ4n) is 3.24. The Labute approximate surface area is 205 Å². The summed E-state index contributed by atoms with van der Waals surface area (Å²) >= 11 is 1.27. The Balaban J connectivity index is 1.64. The molecule has 2 aromatic heterocycles. The molecule has 0 aromatic carbocycles. The number of thiazole rings is 1. The minimum atomic E-state index is -1.45. The topological polar surface area (TPSA) is 165 Å². The largest absolute Gasteiger partial charge is 0.481 e. The molecule has 1 aliphatic rings. The predicted molar refractivity (Wildman–Crippen MR) is 126 cm³/mol. The van der Waals surface area contributed by atoms with E-state index >= 15 is 0 Å². The molecule has 1 atom stereocenters. The number of amides is 2. The van der Waals surface area contributed by atoms with Crippen molar-refractivity contribution in [1.29, 1.82) is 0 Å². The highest BCUT2D eigenvalue weighted by molar-refractivity contribution is 7.15. The van der Waals surface area contributed by atoms with E-state index in [2.05, 4.69) is 25.6 Å². The summed E-state index contributed by atoms with van der Waals surface area (Å²) in [5.41, 5.74) is 0.0660. The normalized spacial score (nSPS) is 13.9. The number of nitrogens with zero attached hydrogens (tertiary/aromatic N) is 4. The van der Waals surface area contributed by atoms with Gasteiger partial charge in [-0.3, -0.25) is 10.1 Å². The van der Waals surface area contributed by atoms with E-state index in [0.717, 1.165) is 10.6 Å². The molecular formula is C21H28N6O7S. The lowest BCUT2D eigenvalue weighted by molar-refractivity contribution is -0.158. The van der Waals surface area contributed by atoms with Crippen LogP contribution in [-0.4, -0.2) is 70.4 Å². The number of esters is 1. The van der Waals surface area contributed by atoms with Gasteiger partial charge in [0.05, 0.1) is 32.9 Å². The zero-order valence-corrected chi connectivity index (χ0v) is 20.9. The highest BCUT2D eigenvalue weighted by Crippen LogP contribution is 2.31. The molecule has 3 rings (SSSR count). The molecule has 0 saturated heterocycles. The lowest BCUT2D eigenvalue weighted by atomic mass is 10.1. The van der Waals surface area contributed by atoms with Crippen LogP contribution in [0.2, 0.25) is 0 Å². The van der Waals surface area contributed by atoms with Crippen molar-refractivity contribution < 1.29 is 33.7 Å². The standard InChI is InChI=1S/C21H28N6O7S/c1-21(2,3)34-16(28)8-12(17(29)30)22-18(31)26-20-23-11-6-7-27(10-13(11)35-20)14-9-15(32-4)25-19(24-14)33-5/h9,12H,6-8,10H2,1-5H3,(H,29,30)(H2,22,23,26,31)/t12-/m0/s1. The summed E-state index contributed by atoms with van der Waals surface area (Å²) in [6.45, 7) is 6.14. The van der Waals surface area contributed by atoms with Gasteiger partial charge < -0.3 is 29.5 Å². The molecule has 3 heterocycles. The lowest BCUT2D eigenvalue weighted by Gasteiger charge is -2.27. The number of anilines is 2. The number of aliphatic carboxylic acids is 1. The van der Waals surface area contributed by atoms with E-state index in [9.17, 15) is 19.5 Å². The Morgan fingerprint density at radius 1 is 1.20 bits per heavy atom. The first-order chi connectivity index (χ1) is 16.5. The number of methoxy groups -OCH3 is 2. The maximum atomic E-state index is 12.4. The predicted octanol–water partition coefficient (Wildman–Crippen LogP) is 1.82. The second-order valence-corrected chi connectivity index (χ2v) is 9.68. The maximum Gasteiger partial charge on any atom is 0.326 e. The molecule has 0 fully saturated rings. The minimum absolute atomic E-state index is 0.188. The molecule has 14 heteroatoms. The molecule has 0 bridgehead atoms. The molecule has 0 unspecified atom stereocenters. The number of hydrogen-bond acceptors (Lipinski definition) is 11. The van der Waals surface area contributed by atoms with Crippen LogP contribution < -0.4 is 25.0 Å². The van der Waals surface area contributed by atoms with Crippen LogP contribution in [0.5, 0.6) is 11.9 Å². The van der Waals surface area contributed by atoms with Crippen molar-refractivity contribution in [2.24, 2.45) is 0 Å². The monoisotopic (exact) mass is 508 g/mol. The van der Waals surface area contributed by atoms with Crippen LogP contribution in [0.25, 0.3) is 0 Å². The van der Waals surface area contributed by atoms with Crippen LogP contribution in [0, 0.1) is 0 Å². The van der Waals surface area contributed by atoms with Gasteiger partial charge in [-0.15, -0.1) is 0 Å². The Morgan fingerprint density at radius 2 is 1.94 bits per heavy atom. The first kappa shape index (κ1) is 25.9. The van der Waals surface area contributed by atoms with Gasteiger partial charge in [0.2, 0.25) is 5.88 Å². The van der Waals surface area contributed by atoms with Gasteiger partial charge in [0, 0.05) is 23.9 Å². The van der Waals surface area contributed by atoms with Crippen molar-refractivity contribution in [2.45, 2.75) is 51.8 Å². The molecule has 0 radical (unpaired) electrons. The van der Waals surface area contributed by atoms with E-state index < -0.39 is 36.0 Å². The number of ether oxygens (including phenoxy) is 3. The van der Waals surface area contributed by atoms with E-state index in [1.165, 1.54) is 25.6 Å². The van der Waals surface area contributed by atoms with Crippen LogP contribution >= 0.6 is 11.3 Å². The van der Waals surface area contributed by atoms with E-state index in [4.69, 9.17) is 14.2 Å². The second-order valence-electron chi connectivity index (χ2n) is 8.60. The fraction of sp³-hybridized carbons (Fsp3) is 0.524. The Kier molecular flexibility index (Phi) is 7.94. The summed E-state index contributed by atoms with van der Waals surface area (Å²) in [6, 6.07) is -0.336. The average molecular weight is 509 g/mol. The first-order valence-corrected chi connectivity index (χ1v) is 11.5. The summed E-state index contributed by atoms with van der Waals surface area (Å²) in [7, 11) is 2.98. The molecule has 2 amide bonds. The highest BCUT2D eigenvalue weighted by atomic mass is 32.1. The number of urea groups is 1. The first-order valence-electron chi connectivity index (χ1n) is 10.7. The summed E-state index contributed by atoms with van der Waals surface area (Å²) < 4.78 is 15.5. The molecular weight excluding hydrogens is 480 g/mol. The average Bonchev–Trinajstić information content (AvgIpc) is 3.18. The van der Waals surface area contributed by atoms with Gasteiger partial charge in [0.25, 0.3) is 0 Å². The molecule has 2 aromatic rings. The SMILES string of the molecule is COc1cc(N2CCc3nc(NC(=O)N[C@@H](CC(=O)OC(C)(C)C)C(=O)O)sc3C2)nc(OC)n1. The highest BCUT2D eigenvalue weighted by Gasteiger charge is 2.28. The van der Waals surface area contributed by atoms with E-state index in [1.54, 1.807) is 26.8 Å². The summed E-state index contributed by atoms with van der Waals surface area (Å²) in [5.74, 6) is -1.07. The maximum absolute atomic E-state index is 12.4. The zero-order valence-electron chi connectivity index (χ0n) is 20.1. The smallest absolute Gasteiger partial charge is 0.326 e. The molecule has 13 nitrogen and oxygen atoms in total. The van der Waals surface area contributed by atoms with Crippen molar-refractivity contribution in [3.05, 3.63) is 16.6 Å². The van der Waals surface area contributed by atoms with Gasteiger partial charge in [-0.2, -0.15) is 9.97 Å². The summed E-state index contributed by atoms with van der Waals surface area (Å²) in [6.07, 6.45) is 0.107. The molecule has 35 heavy (non-hydrogen) atoms. The van der Waals surface area contributed by atoms with Crippen LogP contribution in [0.3, 0.4) is 0 Å². The van der Waals surface area contributed by atoms with Crippen molar-refractivity contribution in [3.8, 4) is 11.9 Å². The van der Waals surface area contributed by atoms with Gasteiger partial charge in [0.1, 0.15) is 17.5 Å². The van der Waals surface area contributed by atoms with Gasteiger partial charge in [-0.1, -0.05) is 11.3 Å². The molecule has 0 spiro atoms. The Hall–Kier alpha value is -3.68. The van der Waals surface area contributed by atoms with E-state index in [0.29, 0.717) is 36.3 Å². The number of rotatable bonds is 8. The zero-order chi connectivity index (χ0) is 25.8. The number of hydrogen-bond donors (Lipinski definition) is 3. The minimum Gasteiger partial charge on any atom is -0.481 e. The molecule has 1 aliphatic heterocycles. The number of aromatic nitrogens is 3. The van der Waals surface area contributed by atoms with Crippen LogP contribution in [0.15, 0.2) is 6.07 Å². The number of fused-ring (bicyclic) bond motifs is 1. The number of carboxylic acids is 1. The van der Waals surface area contributed by atoms with Crippen LogP contribution in [-0.2, 0) is 27.3 Å². The van der Waals surface area contributed by atoms with Gasteiger partial charge in [0.15, 0.2) is 5.13 Å². The number of carboxylic acid groups (broad SMARTS) is 1. The molecule has 190 valence electrons. The van der Waals surface area contributed by atoms with Crippen LogP contribution in [0.1, 0.15) is 37.8 Å². The van der Waals surface area contributed by atoms with E-state index in [-0.39, 0.29) is 6.01 Å². The molecule has 0 aliphatic carbocycles. The number of carbonyl (C=O) groups is 3. The summed E-state index contributed by atoms with van der Waals surface area (Å²) in [5, 5.41) is 14.5. The van der Waals surface area contributed by atoms with Gasteiger partial charge >= 0.3 is 24.0 Å². The third-order valence-corrected chi connectivity index (χ3v) is 5.73. The van der Waals surface area contributed by atoms with Crippen molar-refractivity contribution in [2.75, 3.05) is 31.0 Å². The number of nitrogens with one attached hydrogen (secondary N) is 2. The lowest BCUT2D eigenvalue weighted by Crippen LogP contribution is -2.45. The summed E-state index contributed by atoms with van der Waals surface area (Å²) in [4.78, 5) is 51.8. The van der Waals surface area contributed by atoms with Crippen molar-refractivity contribution >= 4 is 40.3 Å².